The maximum atomic E-state index is 12.4. The van der Waals surface area contributed by atoms with E-state index in [0.29, 0.717) is 22.7 Å². The maximum absolute atomic E-state index is 12.4. The Morgan fingerprint density at radius 3 is 2.24 bits per heavy atom. The molecular weight excluding hydrogens is 396 g/mol. The zero-order valence-corrected chi connectivity index (χ0v) is 16.6. The van der Waals surface area contributed by atoms with E-state index >= 15 is 0 Å². The van der Waals surface area contributed by atoms with E-state index in [1.54, 1.807) is 61.5 Å². The Morgan fingerprint density at radius 1 is 0.966 bits per heavy atom. The summed E-state index contributed by atoms with van der Waals surface area (Å²) in [6.07, 6.45) is -1.60. The number of imide groups is 1. The van der Waals surface area contributed by atoms with E-state index in [1.165, 1.54) is 0 Å². The highest BCUT2D eigenvalue weighted by molar-refractivity contribution is 6.30. The van der Waals surface area contributed by atoms with Crippen LogP contribution in [0.2, 0.25) is 5.02 Å². The van der Waals surface area contributed by atoms with Crippen LogP contribution in [0, 0.1) is 0 Å². The van der Waals surface area contributed by atoms with E-state index < -0.39 is 24.0 Å². The molecular formula is C21H21ClN2O5. The number of nitrogens with one attached hydrogen (secondary N) is 2. The molecule has 2 aromatic carbocycles. The van der Waals surface area contributed by atoms with Gasteiger partial charge in [-0.1, -0.05) is 41.9 Å². The normalized spacial score (nSPS) is 11.2. The molecule has 2 N–H and O–H groups in total. The molecule has 0 aliphatic rings. The summed E-state index contributed by atoms with van der Waals surface area (Å²) in [5, 5.41) is 5.07. The van der Waals surface area contributed by atoms with Gasteiger partial charge in [-0.05, 0) is 31.2 Å². The first-order chi connectivity index (χ1) is 13.9. The van der Waals surface area contributed by atoms with Gasteiger partial charge in [-0.2, -0.15) is 0 Å². The Morgan fingerprint density at radius 2 is 1.62 bits per heavy atom. The highest BCUT2D eigenvalue weighted by Gasteiger charge is 2.26. The van der Waals surface area contributed by atoms with E-state index in [9.17, 15) is 19.2 Å². The minimum Gasteiger partial charge on any atom is -0.447 e. The predicted molar refractivity (Wildman–Crippen MR) is 108 cm³/mol. The Hall–Kier alpha value is -3.19. The first-order valence-corrected chi connectivity index (χ1v) is 9.40. The first kappa shape index (κ1) is 22.1. The zero-order chi connectivity index (χ0) is 21.2. The molecule has 0 fully saturated rings. The molecule has 1 atom stereocenters. The van der Waals surface area contributed by atoms with Crippen LogP contribution in [0.1, 0.15) is 41.8 Å². The molecule has 0 radical (unpaired) electrons. The average Bonchev–Trinajstić information content (AvgIpc) is 2.71. The van der Waals surface area contributed by atoms with E-state index in [-0.39, 0.29) is 18.6 Å². The molecule has 0 aliphatic carbocycles. The van der Waals surface area contributed by atoms with Crippen molar-refractivity contribution >= 4 is 35.3 Å². The zero-order valence-electron chi connectivity index (χ0n) is 15.8. The van der Waals surface area contributed by atoms with Gasteiger partial charge in [0.2, 0.25) is 6.10 Å². The number of hydrogen-bond donors (Lipinski definition) is 2. The van der Waals surface area contributed by atoms with Gasteiger partial charge in [0.1, 0.15) is 0 Å². The third-order valence-corrected chi connectivity index (χ3v) is 4.14. The second-order valence-corrected chi connectivity index (χ2v) is 6.50. The number of ketones is 1. The molecule has 0 spiro atoms. The minimum atomic E-state index is -1.31. The fraction of sp³-hybridized carbons (Fsp3) is 0.238. The highest BCUT2D eigenvalue weighted by atomic mass is 35.5. The predicted octanol–water partition coefficient (Wildman–Crippen LogP) is 3.43. The summed E-state index contributed by atoms with van der Waals surface area (Å²) in [6.45, 7) is 2.04. The highest BCUT2D eigenvalue weighted by Crippen LogP contribution is 2.19. The fourth-order valence-corrected chi connectivity index (χ4v) is 2.60. The number of benzene rings is 2. The van der Waals surface area contributed by atoms with Crippen LogP contribution in [0.15, 0.2) is 54.6 Å². The molecule has 0 aliphatic heterocycles. The third-order valence-electron chi connectivity index (χ3n) is 3.89. The number of carbonyl (C=O) groups is 4. The quantitative estimate of drug-likeness (QED) is 0.507. The molecule has 29 heavy (non-hydrogen) atoms. The molecule has 0 unspecified atom stereocenters. The van der Waals surface area contributed by atoms with Crippen LogP contribution < -0.4 is 10.6 Å². The van der Waals surface area contributed by atoms with Crippen molar-refractivity contribution in [1.82, 2.24) is 10.6 Å². The van der Waals surface area contributed by atoms with Crippen molar-refractivity contribution in [3.05, 3.63) is 70.7 Å². The molecule has 3 amide bonds. The van der Waals surface area contributed by atoms with Crippen molar-refractivity contribution in [2.24, 2.45) is 0 Å². The summed E-state index contributed by atoms with van der Waals surface area (Å²) in [6, 6.07) is 13.9. The minimum absolute atomic E-state index is 0.0834. The largest absolute Gasteiger partial charge is 0.447 e. The Labute approximate surface area is 173 Å². The third kappa shape index (κ3) is 7.04. The number of urea groups is 1. The second kappa shape index (κ2) is 11.0. The van der Waals surface area contributed by atoms with Crippen LogP contribution in [0.4, 0.5) is 4.79 Å². The molecule has 7 nitrogen and oxygen atoms in total. The molecule has 0 saturated carbocycles. The maximum Gasteiger partial charge on any atom is 0.321 e. The molecule has 2 aromatic rings. The van der Waals surface area contributed by atoms with Crippen molar-refractivity contribution in [2.75, 3.05) is 6.54 Å². The van der Waals surface area contributed by atoms with Crippen LogP contribution in [0.3, 0.4) is 0 Å². The van der Waals surface area contributed by atoms with E-state index in [4.69, 9.17) is 16.3 Å². The van der Waals surface area contributed by atoms with E-state index in [0.717, 1.165) is 0 Å². The SMILES string of the molecule is CCNC(=O)NC(=O)[C@H](OC(=O)CCC(=O)c1ccc(Cl)cc1)c1ccccc1. The lowest BCUT2D eigenvalue weighted by atomic mass is 10.1. The lowest BCUT2D eigenvalue weighted by Gasteiger charge is -2.17. The second-order valence-electron chi connectivity index (χ2n) is 6.06. The number of esters is 1. The van der Waals surface area contributed by atoms with Crippen LogP contribution >= 0.6 is 11.6 Å². The van der Waals surface area contributed by atoms with Crippen molar-refractivity contribution < 1.29 is 23.9 Å². The number of halogens is 1. The number of carbonyl (C=O) groups excluding carboxylic acids is 4. The summed E-state index contributed by atoms with van der Waals surface area (Å²) >= 11 is 5.79. The Bertz CT molecular complexity index is 868. The van der Waals surface area contributed by atoms with Gasteiger partial charge in [0.25, 0.3) is 5.91 Å². The number of Topliss-reactive ketones (excluding diaryl/α,β-unsaturated/α-hetero) is 1. The summed E-state index contributed by atoms with van der Waals surface area (Å²) in [7, 11) is 0. The lowest BCUT2D eigenvalue weighted by molar-refractivity contribution is -0.156. The number of hydrogen-bond acceptors (Lipinski definition) is 5. The summed E-state index contributed by atoms with van der Waals surface area (Å²) in [5.74, 6) is -1.76. The smallest absolute Gasteiger partial charge is 0.321 e. The summed E-state index contributed by atoms with van der Waals surface area (Å²) < 4.78 is 5.28. The summed E-state index contributed by atoms with van der Waals surface area (Å²) in [4.78, 5) is 48.5. The number of rotatable bonds is 8. The summed E-state index contributed by atoms with van der Waals surface area (Å²) in [5.41, 5.74) is 0.836. The van der Waals surface area contributed by atoms with Crippen LogP contribution in [-0.4, -0.2) is 30.2 Å². The van der Waals surface area contributed by atoms with Gasteiger partial charge < -0.3 is 10.1 Å². The van der Waals surface area contributed by atoms with Gasteiger partial charge in [-0.15, -0.1) is 0 Å². The van der Waals surface area contributed by atoms with Gasteiger partial charge in [-0.25, -0.2) is 4.79 Å². The molecule has 0 heterocycles. The standard InChI is InChI=1S/C21H21ClN2O5/c1-2-23-21(28)24-20(27)19(15-6-4-3-5-7-15)29-18(26)13-12-17(25)14-8-10-16(22)11-9-14/h3-11,19H,2,12-13H2,1H3,(H2,23,24,27,28)/t19-/m1/s1. The van der Waals surface area contributed by atoms with Crippen molar-refractivity contribution in [2.45, 2.75) is 25.9 Å². The molecule has 152 valence electrons. The first-order valence-electron chi connectivity index (χ1n) is 9.02. The number of ether oxygens (including phenoxy) is 1. The fourth-order valence-electron chi connectivity index (χ4n) is 2.47. The van der Waals surface area contributed by atoms with Crippen molar-refractivity contribution in [3.8, 4) is 0 Å². The van der Waals surface area contributed by atoms with Crippen LogP contribution in [-0.2, 0) is 14.3 Å². The molecule has 2 rings (SSSR count). The molecule has 0 bridgehead atoms. The van der Waals surface area contributed by atoms with Gasteiger partial charge in [0, 0.05) is 29.1 Å². The Balaban J connectivity index is 2.01. The van der Waals surface area contributed by atoms with Crippen molar-refractivity contribution in [3.63, 3.8) is 0 Å². The average molecular weight is 417 g/mol. The van der Waals surface area contributed by atoms with E-state index in [1.807, 2.05) is 0 Å². The van der Waals surface area contributed by atoms with Crippen molar-refractivity contribution in [1.29, 1.82) is 0 Å². The Kier molecular flexibility index (Phi) is 8.36. The molecule has 0 aromatic heterocycles. The van der Waals surface area contributed by atoms with Gasteiger partial charge in [0.15, 0.2) is 5.78 Å². The van der Waals surface area contributed by atoms with Gasteiger partial charge in [0.05, 0.1) is 6.42 Å². The van der Waals surface area contributed by atoms with Gasteiger partial charge >= 0.3 is 12.0 Å². The number of amides is 3. The van der Waals surface area contributed by atoms with E-state index in [2.05, 4.69) is 10.6 Å². The molecule has 0 saturated heterocycles. The lowest BCUT2D eigenvalue weighted by Crippen LogP contribution is -2.42. The van der Waals surface area contributed by atoms with Crippen LogP contribution in [0.25, 0.3) is 0 Å². The monoisotopic (exact) mass is 416 g/mol. The molecule has 8 heteroatoms. The van der Waals surface area contributed by atoms with Crippen LogP contribution in [0.5, 0.6) is 0 Å². The topological polar surface area (TPSA) is 102 Å². The van der Waals surface area contributed by atoms with Gasteiger partial charge in [-0.3, -0.25) is 19.7 Å².